The zero-order chi connectivity index (χ0) is 26.0. The van der Waals surface area contributed by atoms with Crippen LogP contribution in [0.15, 0.2) is 79.4 Å². The lowest BCUT2D eigenvalue weighted by Gasteiger charge is -2.32. The van der Waals surface area contributed by atoms with Gasteiger partial charge in [0.25, 0.3) is 0 Å². The van der Waals surface area contributed by atoms with Gasteiger partial charge < -0.3 is 9.47 Å². The lowest BCUT2D eigenvalue weighted by molar-refractivity contribution is 0.0313. The van der Waals surface area contributed by atoms with Gasteiger partial charge >= 0.3 is 0 Å². The second kappa shape index (κ2) is 13.7. The zero-order valence-electron chi connectivity index (χ0n) is 22.4. The third-order valence-corrected chi connectivity index (χ3v) is 7.79. The van der Waals surface area contributed by atoms with Gasteiger partial charge in [0.2, 0.25) is 0 Å². The van der Waals surface area contributed by atoms with Crippen LogP contribution < -0.4 is 0 Å². The van der Waals surface area contributed by atoms with Crippen molar-refractivity contribution in [1.29, 1.82) is 0 Å². The first-order chi connectivity index (χ1) is 18.1. The minimum Gasteiger partial charge on any atom is -0.377 e. The summed E-state index contributed by atoms with van der Waals surface area (Å²) in [6, 6.07) is 22.3. The Balaban J connectivity index is 1.39. The van der Waals surface area contributed by atoms with Crippen LogP contribution in [0.3, 0.4) is 0 Å². The van der Waals surface area contributed by atoms with Crippen molar-refractivity contribution in [2.75, 3.05) is 13.7 Å². The van der Waals surface area contributed by atoms with Crippen molar-refractivity contribution < 1.29 is 13.9 Å². The van der Waals surface area contributed by atoms with Gasteiger partial charge in [0.1, 0.15) is 5.82 Å². The van der Waals surface area contributed by atoms with Gasteiger partial charge in [-0.2, -0.15) is 0 Å². The van der Waals surface area contributed by atoms with Gasteiger partial charge in [0, 0.05) is 19.3 Å². The minimum absolute atomic E-state index is 0.134. The van der Waals surface area contributed by atoms with Crippen LogP contribution in [-0.4, -0.2) is 13.7 Å². The third kappa shape index (κ3) is 7.18. The van der Waals surface area contributed by atoms with E-state index in [0.717, 1.165) is 35.3 Å². The van der Waals surface area contributed by atoms with Crippen molar-refractivity contribution in [3.8, 4) is 22.3 Å². The molecule has 0 bridgehead atoms. The van der Waals surface area contributed by atoms with E-state index in [4.69, 9.17) is 9.47 Å². The summed E-state index contributed by atoms with van der Waals surface area (Å²) in [4.78, 5) is 0. The summed E-state index contributed by atoms with van der Waals surface area (Å²) in [5.74, 6) is 1.000. The number of hydrogen-bond donors (Lipinski definition) is 0. The molecule has 1 atom stereocenters. The van der Waals surface area contributed by atoms with Crippen LogP contribution in [-0.2, 0) is 16.1 Å². The molecule has 0 heterocycles. The molecule has 1 saturated carbocycles. The van der Waals surface area contributed by atoms with Gasteiger partial charge in [-0.15, -0.1) is 6.58 Å². The number of halogens is 1. The lowest BCUT2D eigenvalue weighted by atomic mass is 9.77. The Morgan fingerprint density at radius 3 is 2.14 bits per heavy atom. The topological polar surface area (TPSA) is 18.5 Å². The van der Waals surface area contributed by atoms with Gasteiger partial charge in [0.15, 0.2) is 0 Å². The molecular weight excluding hydrogens is 459 g/mol. The molecule has 0 saturated heterocycles. The van der Waals surface area contributed by atoms with Crippen molar-refractivity contribution in [2.45, 2.75) is 64.6 Å². The molecule has 2 nitrogen and oxygen atoms in total. The third-order valence-electron chi connectivity index (χ3n) is 7.79. The number of unbranched alkanes of at least 4 members (excludes halogenated alkanes) is 2. The van der Waals surface area contributed by atoms with Gasteiger partial charge in [-0.3, -0.25) is 0 Å². The summed E-state index contributed by atoms with van der Waals surface area (Å²) >= 11 is 0. The minimum atomic E-state index is -0.209. The summed E-state index contributed by atoms with van der Waals surface area (Å²) in [6.07, 6.45) is 10.4. The molecule has 3 heteroatoms. The monoisotopic (exact) mass is 500 g/mol. The molecule has 0 aromatic heterocycles. The predicted octanol–water partition coefficient (Wildman–Crippen LogP) is 9.55. The highest BCUT2D eigenvalue weighted by atomic mass is 19.1. The van der Waals surface area contributed by atoms with Crippen molar-refractivity contribution >= 4 is 0 Å². The summed E-state index contributed by atoms with van der Waals surface area (Å²) in [6.45, 7) is 7.31. The maximum atomic E-state index is 14.9. The van der Waals surface area contributed by atoms with E-state index in [9.17, 15) is 4.39 Å². The molecule has 1 aliphatic carbocycles. The van der Waals surface area contributed by atoms with Crippen molar-refractivity contribution in [3.05, 3.63) is 96.3 Å². The van der Waals surface area contributed by atoms with Crippen LogP contribution in [0.2, 0.25) is 0 Å². The van der Waals surface area contributed by atoms with Gasteiger partial charge in [-0.25, -0.2) is 4.39 Å². The number of rotatable bonds is 12. The first-order valence-corrected chi connectivity index (χ1v) is 13.8. The van der Waals surface area contributed by atoms with Crippen molar-refractivity contribution in [1.82, 2.24) is 0 Å². The Hall–Kier alpha value is -2.75. The normalized spacial score (nSPS) is 18.5. The highest BCUT2D eigenvalue weighted by Crippen LogP contribution is 2.39. The second-order valence-electron chi connectivity index (χ2n) is 10.3. The molecule has 1 aliphatic rings. The highest BCUT2D eigenvalue weighted by molar-refractivity contribution is 5.71. The standard InChI is InChI=1S/C34H41FO2/c1-4-6-7-22-37-24-26-10-21-32(33(35)23-26)29-17-13-27(14-18-29)28-15-19-31(20-16-28)34(36-3)30-11-8-25(5-2)9-12-30/h5,10,13-21,23,25,30,34H,2,4,6-9,11-12,22,24H2,1,3H3. The second-order valence-corrected chi connectivity index (χ2v) is 10.3. The van der Waals surface area contributed by atoms with E-state index in [1.165, 1.54) is 44.1 Å². The molecule has 3 aromatic carbocycles. The number of allylic oxidation sites excluding steroid dienone is 1. The number of benzene rings is 3. The molecule has 0 N–H and O–H groups in total. The molecule has 0 amide bonds. The van der Waals surface area contributed by atoms with Crippen LogP contribution in [0.25, 0.3) is 22.3 Å². The Kier molecular flexibility index (Phi) is 10.1. The molecule has 0 radical (unpaired) electrons. The van der Waals surface area contributed by atoms with Gasteiger partial charge in [-0.1, -0.05) is 86.5 Å². The van der Waals surface area contributed by atoms with E-state index in [-0.39, 0.29) is 11.9 Å². The maximum Gasteiger partial charge on any atom is 0.131 e. The first kappa shape index (κ1) is 27.3. The summed E-state index contributed by atoms with van der Waals surface area (Å²) in [5.41, 5.74) is 5.87. The number of ether oxygens (including phenoxy) is 2. The average molecular weight is 501 g/mol. The first-order valence-electron chi connectivity index (χ1n) is 13.8. The average Bonchev–Trinajstić information content (AvgIpc) is 2.94. The molecule has 0 spiro atoms. The van der Waals surface area contributed by atoms with Crippen LogP contribution in [0.1, 0.15) is 69.1 Å². The van der Waals surface area contributed by atoms with Crippen LogP contribution in [0.4, 0.5) is 4.39 Å². The molecule has 1 fully saturated rings. The molecule has 0 aliphatic heterocycles. The maximum absolute atomic E-state index is 14.9. The van der Waals surface area contributed by atoms with E-state index in [1.54, 1.807) is 6.07 Å². The molecule has 1 unspecified atom stereocenters. The molecule has 4 rings (SSSR count). The van der Waals surface area contributed by atoms with E-state index in [0.29, 0.717) is 24.0 Å². The summed E-state index contributed by atoms with van der Waals surface area (Å²) < 4.78 is 26.5. The number of hydrogen-bond acceptors (Lipinski definition) is 2. The molecular formula is C34H41FO2. The van der Waals surface area contributed by atoms with Gasteiger partial charge in [-0.05, 0) is 77.8 Å². The van der Waals surface area contributed by atoms with E-state index < -0.39 is 0 Å². The number of methoxy groups -OCH3 is 1. The molecule has 196 valence electrons. The lowest BCUT2D eigenvalue weighted by Crippen LogP contribution is -2.21. The van der Waals surface area contributed by atoms with Crippen LogP contribution >= 0.6 is 0 Å². The Bertz CT molecular complexity index is 1110. The Morgan fingerprint density at radius 2 is 1.54 bits per heavy atom. The fourth-order valence-electron chi connectivity index (χ4n) is 5.52. The van der Waals surface area contributed by atoms with Crippen LogP contribution in [0, 0.1) is 17.7 Å². The van der Waals surface area contributed by atoms with Gasteiger partial charge in [0.05, 0.1) is 12.7 Å². The van der Waals surface area contributed by atoms with Crippen molar-refractivity contribution in [3.63, 3.8) is 0 Å². The zero-order valence-corrected chi connectivity index (χ0v) is 22.4. The quantitative estimate of drug-likeness (QED) is 0.182. The fraction of sp³-hybridized carbons (Fsp3) is 0.412. The Morgan fingerprint density at radius 1 is 0.892 bits per heavy atom. The van der Waals surface area contributed by atoms with E-state index in [2.05, 4.69) is 56.0 Å². The molecule has 37 heavy (non-hydrogen) atoms. The summed E-state index contributed by atoms with van der Waals surface area (Å²) in [7, 11) is 1.82. The largest absolute Gasteiger partial charge is 0.377 e. The highest BCUT2D eigenvalue weighted by Gasteiger charge is 2.27. The van der Waals surface area contributed by atoms with Crippen LogP contribution in [0.5, 0.6) is 0 Å². The summed E-state index contributed by atoms with van der Waals surface area (Å²) in [5, 5.41) is 0. The molecule has 3 aromatic rings. The Labute approximate surface area is 222 Å². The van der Waals surface area contributed by atoms with Crippen molar-refractivity contribution in [2.24, 2.45) is 11.8 Å². The predicted molar refractivity (Wildman–Crippen MR) is 152 cm³/mol. The van der Waals surface area contributed by atoms with E-state index in [1.807, 2.05) is 31.4 Å². The SMILES string of the molecule is C=CC1CCC(C(OC)c2ccc(-c3ccc(-c4ccc(COCCCCC)cc4F)cc3)cc2)CC1. The fourth-order valence-corrected chi connectivity index (χ4v) is 5.52. The van der Waals surface area contributed by atoms with E-state index >= 15 is 0 Å². The smallest absolute Gasteiger partial charge is 0.131 e.